The van der Waals surface area contributed by atoms with Crippen molar-refractivity contribution in [2.45, 2.75) is 99.0 Å². The third kappa shape index (κ3) is 3.06. The van der Waals surface area contributed by atoms with E-state index in [1.54, 1.807) is 0 Å². The molecule has 0 heterocycles. The summed E-state index contributed by atoms with van der Waals surface area (Å²) in [6, 6.07) is 0. The number of carbonyl (C=O) groups is 1. The molecule has 0 aromatic heterocycles. The smallest absolute Gasteiger partial charge is 0.312 e. The predicted molar refractivity (Wildman–Crippen MR) is 103 cm³/mol. The van der Waals surface area contributed by atoms with Gasteiger partial charge in [-0.15, -0.1) is 0 Å². The van der Waals surface area contributed by atoms with Crippen molar-refractivity contribution in [2.75, 3.05) is 0 Å². The van der Waals surface area contributed by atoms with Crippen molar-refractivity contribution in [1.29, 1.82) is 0 Å². The molecule has 4 rings (SSSR count). The fraction of sp³-hybridized carbons (Fsp3) is 0.957. The molecule has 1 unspecified atom stereocenters. The Balaban J connectivity index is 1.87. The molecule has 25 heavy (non-hydrogen) atoms. The zero-order chi connectivity index (χ0) is 18.6. The molecule has 0 amide bonds. The Labute approximate surface area is 155 Å². The van der Waals surface area contributed by atoms with Crippen LogP contribution < -0.4 is 0 Å². The van der Waals surface area contributed by atoms with Gasteiger partial charge in [-0.3, -0.25) is 4.79 Å². The maximum absolute atomic E-state index is 13.6. The minimum Gasteiger partial charge on any atom is -0.458 e. The third-order valence-electron chi connectivity index (χ3n) is 8.28. The predicted octanol–water partition coefficient (Wildman–Crippen LogP) is 6.23. The normalized spacial score (nSPS) is 39.5. The van der Waals surface area contributed by atoms with Crippen LogP contribution in [0.5, 0.6) is 0 Å². The van der Waals surface area contributed by atoms with E-state index < -0.39 is 5.41 Å². The van der Waals surface area contributed by atoms with Crippen LogP contribution in [0.4, 0.5) is 0 Å². The number of rotatable bonds is 5. The van der Waals surface area contributed by atoms with Gasteiger partial charge >= 0.3 is 5.97 Å². The average Bonchev–Trinajstić information content (AvgIpc) is 2.48. The van der Waals surface area contributed by atoms with Gasteiger partial charge < -0.3 is 4.74 Å². The molecular weight excluding hydrogens is 308 g/mol. The lowest BCUT2D eigenvalue weighted by Crippen LogP contribution is -2.61. The van der Waals surface area contributed by atoms with Gasteiger partial charge in [0.2, 0.25) is 0 Å². The van der Waals surface area contributed by atoms with Crippen molar-refractivity contribution >= 4 is 5.97 Å². The molecular formula is C23H40O2. The van der Waals surface area contributed by atoms with Crippen LogP contribution in [0.2, 0.25) is 0 Å². The van der Waals surface area contributed by atoms with E-state index >= 15 is 0 Å². The maximum Gasteiger partial charge on any atom is 0.312 e. The van der Waals surface area contributed by atoms with Gasteiger partial charge in [-0.1, -0.05) is 41.5 Å². The summed E-state index contributed by atoms with van der Waals surface area (Å²) in [5.41, 5.74) is -0.679. The quantitative estimate of drug-likeness (QED) is 0.550. The van der Waals surface area contributed by atoms with Crippen LogP contribution in [0.3, 0.4) is 0 Å². The van der Waals surface area contributed by atoms with E-state index in [-0.39, 0.29) is 17.0 Å². The number of ether oxygens (including phenoxy) is 1. The molecule has 1 atom stereocenters. The highest BCUT2D eigenvalue weighted by Crippen LogP contribution is 2.61. The minimum absolute atomic E-state index is 0.0722. The molecule has 0 aromatic rings. The van der Waals surface area contributed by atoms with E-state index in [9.17, 15) is 4.79 Å². The zero-order valence-corrected chi connectivity index (χ0v) is 17.7. The molecule has 4 bridgehead atoms. The average molecular weight is 349 g/mol. The van der Waals surface area contributed by atoms with Crippen molar-refractivity contribution in [1.82, 2.24) is 0 Å². The second-order valence-electron chi connectivity index (χ2n) is 11.2. The van der Waals surface area contributed by atoms with Gasteiger partial charge in [-0.2, -0.15) is 0 Å². The number of hydrogen-bond acceptors (Lipinski definition) is 2. The van der Waals surface area contributed by atoms with E-state index in [0.29, 0.717) is 17.8 Å². The van der Waals surface area contributed by atoms with Gasteiger partial charge in [0.05, 0.1) is 5.41 Å². The number of hydrogen-bond donors (Lipinski definition) is 0. The van der Waals surface area contributed by atoms with Crippen molar-refractivity contribution in [3.8, 4) is 0 Å². The molecule has 0 spiro atoms. The molecule has 0 aliphatic heterocycles. The van der Waals surface area contributed by atoms with Gasteiger partial charge in [0.1, 0.15) is 5.60 Å². The van der Waals surface area contributed by atoms with Crippen LogP contribution >= 0.6 is 0 Å². The molecule has 0 saturated heterocycles. The van der Waals surface area contributed by atoms with Crippen LogP contribution in [-0.2, 0) is 9.53 Å². The van der Waals surface area contributed by atoms with Crippen LogP contribution in [0.25, 0.3) is 0 Å². The molecule has 4 aliphatic carbocycles. The maximum atomic E-state index is 13.6. The summed E-state index contributed by atoms with van der Waals surface area (Å²) in [6.07, 6.45) is 8.52. The van der Waals surface area contributed by atoms with E-state index in [2.05, 4.69) is 48.5 Å². The fourth-order valence-electron chi connectivity index (χ4n) is 6.60. The summed E-state index contributed by atoms with van der Waals surface area (Å²) in [5, 5.41) is 0. The molecule has 0 N–H and O–H groups in total. The summed E-state index contributed by atoms with van der Waals surface area (Å²) in [7, 11) is 0. The van der Waals surface area contributed by atoms with Gasteiger partial charge in [0, 0.05) is 0 Å². The van der Waals surface area contributed by atoms with Gasteiger partial charge in [-0.05, 0) is 86.9 Å². The van der Waals surface area contributed by atoms with Gasteiger partial charge in [0.25, 0.3) is 0 Å². The first-order valence-corrected chi connectivity index (χ1v) is 10.7. The number of carbonyl (C=O) groups excluding carboxylic acids is 1. The van der Waals surface area contributed by atoms with E-state index in [1.807, 2.05) is 0 Å². The summed E-state index contributed by atoms with van der Waals surface area (Å²) in [5.74, 6) is 3.61. The lowest BCUT2D eigenvalue weighted by Gasteiger charge is -2.61. The lowest BCUT2D eigenvalue weighted by atomic mass is 9.49. The first-order valence-electron chi connectivity index (χ1n) is 10.7. The number of esters is 1. The summed E-state index contributed by atoms with van der Waals surface area (Å²) in [4.78, 5) is 13.6. The summed E-state index contributed by atoms with van der Waals surface area (Å²) in [6.45, 7) is 15.4. The van der Waals surface area contributed by atoms with Crippen molar-refractivity contribution in [2.24, 2.45) is 40.4 Å². The van der Waals surface area contributed by atoms with Gasteiger partial charge in [-0.25, -0.2) is 0 Å². The van der Waals surface area contributed by atoms with Gasteiger partial charge in [0.15, 0.2) is 0 Å². The first-order chi connectivity index (χ1) is 11.5. The topological polar surface area (TPSA) is 26.3 Å². The van der Waals surface area contributed by atoms with Crippen LogP contribution in [0.1, 0.15) is 93.4 Å². The molecule has 0 aromatic carbocycles. The monoisotopic (exact) mass is 348 g/mol. The van der Waals surface area contributed by atoms with Crippen LogP contribution in [0, 0.1) is 40.4 Å². The Morgan fingerprint density at radius 2 is 1.48 bits per heavy atom. The Kier molecular flexibility index (Phi) is 4.83. The van der Waals surface area contributed by atoms with Crippen LogP contribution in [-0.4, -0.2) is 11.6 Å². The third-order valence-corrected chi connectivity index (χ3v) is 8.28. The van der Waals surface area contributed by atoms with Crippen molar-refractivity contribution < 1.29 is 9.53 Å². The second kappa shape index (κ2) is 6.27. The van der Waals surface area contributed by atoms with Crippen molar-refractivity contribution in [3.05, 3.63) is 0 Å². The summed E-state index contributed by atoms with van der Waals surface area (Å²) < 4.78 is 6.62. The fourth-order valence-corrected chi connectivity index (χ4v) is 6.60. The highest BCUT2D eigenvalue weighted by molar-refractivity contribution is 5.78. The molecule has 4 aliphatic rings. The molecule has 2 heteroatoms. The largest absolute Gasteiger partial charge is 0.458 e. The minimum atomic E-state index is -0.419. The lowest BCUT2D eigenvalue weighted by molar-refractivity contribution is -0.224. The van der Waals surface area contributed by atoms with E-state index in [0.717, 1.165) is 24.7 Å². The Hall–Kier alpha value is -0.530. The highest BCUT2D eigenvalue weighted by Gasteiger charge is 2.60. The molecule has 144 valence electrons. The first kappa shape index (κ1) is 19.2. The Bertz CT molecular complexity index is 485. The molecule has 4 fully saturated rings. The molecule has 0 radical (unpaired) electrons. The van der Waals surface area contributed by atoms with Crippen molar-refractivity contribution in [3.63, 3.8) is 0 Å². The standard InChI is InChI=1S/C23H40O2/c1-8-23(18-10-16-9-17(12-18)13-19(23)11-16)25-20(24)22(7,14-15(2)3)21(4,5)6/h15-19H,8-14H2,1-7H3. The van der Waals surface area contributed by atoms with Crippen LogP contribution in [0.15, 0.2) is 0 Å². The molecule has 4 saturated carbocycles. The Morgan fingerprint density at radius 3 is 1.84 bits per heavy atom. The molecule has 2 nitrogen and oxygen atoms in total. The zero-order valence-electron chi connectivity index (χ0n) is 17.7. The summed E-state index contributed by atoms with van der Waals surface area (Å²) >= 11 is 0. The second-order valence-corrected chi connectivity index (χ2v) is 11.2. The SMILES string of the molecule is CCC1(OC(=O)C(C)(CC(C)C)C(C)(C)C)C2CC3CC(C2)CC1C3. The highest BCUT2D eigenvalue weighted by atomic mass is 16.6. The Morgan fingerprint density at radius 1 is 1.00 bits per heavy atom. The van der Waals surface area contributed by atoms with E-state index in [1.165, 1.54) is 32.1 Å². The van der Waals surface area contributed by atoms with E-state index in [4.69, 9.17) is 4.74 Å².